The Morgan fingerprint density at radius 3 is 2.39 bits per heavy atom. The maximum atomic E-state index is 13.3. The molecule has 1 amide bonds. The number of carbonyl (C=O) groups is 2. The van der Waals surface area contributed by atoms with Crippen LogP contribution in [-0.4, -0.2) is 49.7 Å². The number of rotatable bonds is 9. The average Bonchev–Trinajstić information content (AvgIpc) is 2.78. The molecule has 0 unspecified atom stereocenters. The summed E-state index contributed by atoms with van der Waals surface area (Å²) in [6.45, 7) is 5.23. The van der Waals surface area contributed by atoms with Gasteiger partial charge in [0.25, 0.3) is 0 Å². The normalized spacial score (nSPS) is 21.1. The second kappa shape index (κ2) is 10.5. The molecule has 2 aromatic carbocycles. The van der Waals surface area contributed by atoms with Crippen LogP contribution in [-0.2, 0) is 24.3 Å². The van der Waals surface area contributed by atoms with Crippen molar-refractivity contribution in [2.75, 3.05) is 0 Å². The second-order valence-electron chi connectivity index (χ2n) is 8.20. The first-order valence-electron chi connectivity index (χ1n) is 11.0. The molecule has 1 aliphatic carbocycles. The van der Waals surface area contributed by atoms with Gasteiger partial charge in [0.05, 0.1) is 23.1 Å². The summed E-state index contributed by atoms with van der Waals surface area (Å²) in [5.41, 5.74) is 0.0405. The number of hydrogen-bond acceptors (Lipinski definition) is 5. The summed E-state index contributed by atoms with van der Waals surface area (Å²) in [5.74, 6) is -1.51. The van der Waals surface area contributed by atoms with E-state index in [1.54, 1.807) is 12.1 Å². The molecule has 0 aromatic heterocycles. The molecule has 0 heterocycles. The Labute approximate surface area is 194 Å². The van der Waals surface area contributed by atoms with Gasteiger partial charge in [-0.15, -0.1) is 0 Å². The van der Waals surface area contributed by atoms with E-state index in [-0.39, 0.29) is 28.9 Å². The van der Waals surface area contributed by atoms with Gasteiger partial charge in [-0.1, -0.05) is 44.2 Å². The van der Waals surface area contributed by atoms with Crippen LogP contribution in [0.25, 0.3) is 10.8 Å². The second-order valence-corrected chi connectivity index (χ2v) is 9.92. The number of sulfonamides is 1. The third-order valence-corrected chi connectivity index (χ3v) is 7.32. The fourth-order valence-corrected chi connectivity index (χ4v) is 5.38. The predicted octanol–water partition coefficient (Wildman–Crippen LogP) is 2.98. The highest BCUT2D eigenvalue weighted by Crippen LogP contribution is 2.27. The standard InChI is InChI=1S/C24H30N2O6S/c1-4-19(5-2)32-22-14-18(24(28)29)13-21(23(22)25-15(3)27)26-33(30,31)20-11-10-16-8-6-7-9-17(16)12-20/h6-12,14,19,21-23,26H,4-5,13H2,1-3H3,(H,25,27)(H,28,29)/t21-,22+,23+/m0/s1. The van der Waals surface area contributed by atoms with Crippen molar-refractivity contribution in [1.82, 2.24) is 10.0 Å². The minimum absolute atomic E-state index is 0.0405. The van der Waals surface area contributed by atoms with Crippen LogP contribution in [0.4, 0.5) is 0 Å². The molecular weight excluding hydrogens is 444 g/mol. The summed E-state index contributed by atoms with van der Waals surface area (Å²) < 4.78 is 35.3. The minimum Gasteiger partial charge on any atom is -0.478 e. The lowest BCUT2D eigenvalue weighted by atomic mass is 9.88. The third-order valence-electron chi connectivity index (χ3n) is 5.84. The predicted molar refractivity (Wildman–Crippen MR) is 125 cm³/mol. The highest BCUT2D eigenvalue weighted by molar-refractivity contribution is 7.89. The number of ether oxygens (including phenoxy) is 1. The molecule has 0 saturated heterocycles. The maximum Gasteiger partial charge on any atom is 0.331 e. The molecule has 1 aliphatic rings. The number of carbonyl (C=O) groups excluding carboxylic acids is 1. The molecule has 3 atom stereocenters. The van der Waals surface area contributed by atoms with E-state index in [0.717, 1.165) is 10.8 Å². The molecule has 0 saturated carbocycles. The van der Waals surface area contributed by atoms with Gasteiger partial charge in [-0.25, -0.2) is 17.9 Å². The Morgan fingerprint density at radius 2 is 1.79 bits per heavy atom. The lowest BCUT2D eigenvalue weighted by molar-refractivity contribution is -0.133. The van der Waals surface area contributed by atoms with E-state index in [2.05, 4.69) is 10.0 Å². The fourth-order valence-electron chi connectivity index (χ4n) is 4.08. The third kappa shape index (κ3) is 5.98. The summed E-state index contributed by atoms with van der Waals surface area (Å²) in [7, 11) is -4.01. The average molecular weight is 475 g/mol. The van der Waals surface area contributed by atoms with Crippen molar-refractivity contribution < 1.29 is 27.9 Å². The highest BCUT2D eigenvalue weighted by atomic mass is 32.2. The van der Waals surface area contributed by atoms with Gasteiger partial charge in [0.15, 0.2) is 0 Å². The number of hydrogen-bond donors (Lipinski definition) is 3. The molecule has 0 fully saturated rings. The Hall–Kier alpha value is -2.75. The van der Waals surface area contributed by atoms with Crippen molar-refractivity contribution in [2.45, 2.75) is 69.2 Å². The number of nitrogens with one attached hydrogen (secondary N) is 2. The van der Waals surface area contributed by atoms with Gasteiger partial charge in [0.2, 0.25) is 15.9 Å². The maximum absolute atomic E-state index is 13.3. The van der Waals surface area contributed by atoms with E-state index in [4.69, 9.17) is 4.74 Å². The first-order chi connectivity index (χ1) is 15.6. The van der Waals surface area contributed by atoms with Crippen LogP contribution in [0.1, 0.15) is 40.0 Å². The van der Waals surface area contributed by atoms with Gasteiger partial charge in [-0.3, -0.25) is 4.79 Å². The molecule has 0 aliphatic heterocycles. The van der Waals surface area contributed by atoms with Crippen molar-refractivity contribution in [3.05, 3.63) is 54.1 Å². The van der Waals surface area contributed by atoms with Crippen LogP contribution >= 0.6 is 0 Å². The van der Waals surface area contributed by atoms with Gasteiger partial charge in [0, 0.05) is 18.5 Å². The largest absolute Gasteiger partial charge is 0.478 e. The molecule has 0 radical (unpaired) electrons. The molecule has 0 bridgehead atoms. The van der Waals surface area contributed by atoms with E-state index in [1.807, 2.05) is 38.1 Å². The molecule has 8 nitrogen and oxygen atoms in total. The lowest BCUT2D eigenvalue weighted by Gasteiger charge is -2.38. The van der Waals surface area contributed by atoms with Gasteiger partial charge in [0.1, 0.15) is 0 Å². The van der Waals surface area contributed by atoms with Gasteiger partial charge in [-0.2, -0.15) is 0 Å². The number of carboxylic acids is 1. The smallest absolute Gasteiger partial charge is 0.331 e. The molecule has 2 aromatic rings. The number of amides is 1. The minimum atomic E-state index is -4.01. The monoisotopic (exact) mass is 474 g/mol. The zero-order chi connectivity index (χ0) is 24.2. The van der Waals surface area contributed by atoms with Crippen molar-refractivity contribution >= 4 is 32.7 Å². The number of benzene rings is 2. The van der Waals surface area contributed by atoms with Crippen molar-refractivity contribution in [3.63, 3.8) is 0 Å². The topological polar surface area (TPSA) is 122 Å². The van der Waals surface area contributed by atoms with Crippen LogP contribution in [0.3, 0.4) is 0 Å². The highest BCUT2D eigenvalue weighted by Gasteiger charge is 2.39. The molecule has 178 valence electrons. The zero-order valence-electron chi connectivity index (χ0n) is 18.9. The van der Waals surface area contributed by atoms with E-state index >= 15 is 0 Å². The summed E-state index contributed by atoms with van der Waals surface area (Å²) in [6, 6.07) is 10.5. The quantitative estimate of drug-likeness (QED) is 0.514. The molecular formula is C24H30N2O6S. The van der Waals surface area contributed by atoms with E-state index < -0.39 is 34.2 Å². The van der Waals surface area contributed by atoms with Crippen LogP contribution in [0, 0.1) is 0 Å². The molecule has 33 heavy (non-hydrogen) atoms. The number of carboxylic acid groups (broad SMARTS) is 1. The van der Waals surface area contributed by atoms with E-state index in [0.29, 0.717) is 12.8 Å². The van der Waals surface area contributed by atoms with Gasteiger partial charge < -0.3 is 15.2 Å². The van der Waals surface area contributed by atoms with Gasteiger partial charge in [-0.05, 0) is 48.2 Å². The van der Waals surface area contributed by atoms with Crippen LogP contribution in [0.2, 0.25) is 0 Å². The van der Waals surface area contributed by atoms with Crippen molar-refractivity contribution in [2.24, 2.45) is 0 Å². The Morgan fingerprint density at radius 1 is 1.12 bits per heavy atom. The molecule has 0 spiro atoms. The van der Waals surface area contributed by atoms with Crippen molar-refractivity contribution in [3.8, 4) is 0 Å². The summed E-state index contributed by atoms with van der Waals surface area (Å²) in [5, 5.41) is 14.1. The van der Waals surface area contributed by atoms with Crippen LogP contribution < -0.4 is 10.0 Å². The molecule has 3 rings (SSSR count). The molecule has 3 N–H and O–H groups in total. The Bertz CT molecular complexity index is 1160. The first-order valence-corrected chi connectivity index (χ1v) is 12.5. The summed E-state index contributed by atoms with van der Waals surface area (Å²) in [6.07, 6.45) is 1.83. The van der Waals surface area contributed by atoms with E-state index in [9.17, 15) is 23.1 Å². The fraction of sp³-hybridized carbons (Fsp3) is 0.417. The Balaban J connectivity index is 1.97. The van der Waals surface area contributed by atoms with E-state index in [1.165, 1.54) is 19.1 Å². The van der Waals surface area contributed by atoms with Crippen molar-refractivity contribution in [1.29, 1.82) is 0 Å². The van der Waals surface area contributed by atoms with Gasteiger partial charge >= 0.3 is 5.97 Å². The number of aliphatic carboxylic acids is 1. The summed E-state index contributed by atoms with van der Waals surface area (Å²) >= 11 is 0. The molecule has 9 heteroatoms. The zero-order valence-corrected chi connectivity index (χ0v) is 19.8. The summed E-state index contributed by atoms with van der Waals surface area (Å²) in [4.78, 5) is 23.8. The Kier molecular flexibility index (Phi) is 7.88. The first kappa shape index (κ1) is 24.9. The van der Waals surface area contributed by atoms with Crippen LogP contribution in [0.5, 0.6) is 0 Å². The number of fused-ring (bicyclic) bond motifs is 1. The lowest BCUT2D eigenvalue weighted by Crippen LogP contribution is -2.59. The SMILES string of the molecule is CCC(CC)O[C@@H]1C=C(C(=O)O)C[C@H](NS(=O)(=O)c2ccc3ccccc3c2)[C@H]1NC(C)=O. The van der Waals surface area contributed by atoms with Crippen LogP contribution in [0.15, 0.2) is 59.0 Å².